The number of hydrogen-bond donors (Lipinski definition) is 1. The maximum Gasteiger partial charge on any atom is 0.440 e. The van der Waals surface area contributed by atoms with Crippen LogP contribution in [0.25, 0.3) is 0 Å². The average Bonchev–Trinajstić information content (AvgIpc) is 3.30. The van der Waals surface area contributed by atoms with Gasteiger partial charge in [0, 0.05) is 26.2 Å². The molecule has 25 heavy (non-hydrogen) atoms. The summed E-state index contributed by atoms with van der Waals surface area (Å²) in [4.78, 5) is 30.6. The number of H-pyrrole nitrogens is 1. The molecule has 2 fully saturated rings. The topological polar surface area (TPSA) is 94.7 Å². The van der Waals surface area contributed by atoms with E-state index in [1.807, 2.05) is 5.01 Å². The smallest absolute Gasteiger partial charge is 0.358 e. The summed E-state index contributed by atoms with van der Waals surface area (Å²) in [7, 11) is 0. The molecule has 3 rings (SSSR count). The molecule has 0 radical (unpaired) electrons. The van der Waals surface area contributed by atoms with Crippen LogP contribution in [0.3, 0.4) is 0 Å². The van der Waals surface area contributed by atoms with E-state index in [0.717, 1.165) is 19.3 Å². The first-order valence-corrected chi connectivity index (χ1v) is 8.77. The van der Waals surface area contributed by atoms with Gasteiger partial charge in [-0.05, 0) is 30.6 Å². The lowest BCUT2D eigenvalue weighted by atomic mass is 9.80. The molecule has 0 bridgehead atoms. The number of hydrogen-bond acceptors (Lipinski definition) is 6. The van der Waals surface area contributed by atoms with Gasteiger partial charge in [-0.1, -0.05) is 20.8 Å². The standard InChI is InChI=1S/C16H26N6O3/c1-16(2,3)12-6-9-20(10-12)14(23)25-15(24)22(13-17-11-18-19-13)21-7-4-5-8-21/h11-12H,4-10H2,1-3H3,(H,17,18,19). The summed E-state index contributed by atoms with van der Waals surface area (Å²) in [5, 5.41) is 9.54. The zero-order chi connectivity index (χ0) is 18.0. The minimum absolute atomic E-state index is 0.125. The van der Waals surface area contributed by atoms with Crippen LogP contribution in [0.1, 0.15) is 40.0 Å². The average molecular weight is 350 g/mol. The molecule has 0 saturated carbocycles. The van der Waals surface area contributed by atoms with E-state index in [1.165, 1.54) is 11.3 Å². The summed E-state index contributed by atoms with van der Waals surface area (Å²) in [6.45, 7) is 9.13. The molecule has 138 valence electrons. The van der Waals surface area contributed by atoms with Gasteiger partial charge in [0.25, 0.3) is 0 Å². The Morgan fingerprint density at radius 3 is 2.56 bits per heavy atom. The van der Waals surface area contributed by atoms with Crippen LogP contribution in [0.2, 0.25) is 0 Å². The molecule has 9 nitrogen and oxygen atoms in total. The Balaban J connectivity index is 1.64. The molecule has 0 aliphatic carbocycles. The highest BCUT2D eigenvalue weighted by atomic mass is 16.6. The Kier molecular flexibility index (Phi) is 4.94. The maximum absolute atomic E-state index is 12.6. The van der Waals surface area contributed by atoms with E-state index < -0.39 is 12.2 Å². The van der Waals surface area contributed by atoms with Gasteiger partial charge in [0.1, 0.15) is 6.33 Å². The fourth-order valence-corrected chi connectivity index (χ4v) is 3.35. The molecule has 1 N–H and O–H groups in total. The Hall–Kier alpha value is -2.16. The molecule has 2 aliphatic rings. The minimum atomic E-state index is -0.747. The molecular weight excluding hydrogens is 324 g/mol. The van der Waals surface area contributed by atoms with E-state index >= 15 is 0 Å². The van der Waals surface area contributed by atoms with Crippen molar-refractivity contribution >= 4 is 18.1 Å². The Morgan fingerprint density at radius 1 is 1.28 bits per heavy atom. The molecule has 1 aromatic rings. The number of likely N-dealkylation sites (tertiary alicyclic amines) is 1. The molecule has 1 atom stereocenters. The van der Waals surface area contributed by atoms with E-state index in [-0.39, 0.29) is 11.4 Å². The quantitative estimate of drug-likeness (QED) is 0.822. The van der Waals surface area contributed by atoms with Gasteiger partial charge in [0.15, 0.2) is 0 Å². The number of anilines is 1. The number of aromatic amines is 1. The van der Waals surface area contributed by atoms with Crippen molar-refractivity contribution < 1.29 is 14.3 Å². The predicted molar refractivity (Wildman–Crippen MR) is 90.7 cm³/mol. The van der Waals surface area contributed by atoms with Crippen molar-refractivity contribution in [1.29, 1.82) is 0 Å². The van der Waals surface area contributed by atoms with Gasteiger partial charge in [0.2, 0.25) is 5.95 Å². The Labute approximate surface area is 147 Å². The van der Waals surface area contributed by atoms with Gasteiger partial charge in [-0.3, -0.25) is 0 Å². The maximum atomic E-state index is 12.6. The third-order valence-electron chi connectivity index (χ3n) is 4.99. The highest BCUT2D eigenvalue weighted by Gasteiger charge is 2.37. The lowest BCUT2D eigenvalue weighted by Gasteiger charge is -2.28. The van der Waals surface area contributed by atoms with Crippen LogP contribution in [0.15, 0.2) is 6.33 Å². The van der Waals surface area contributed by atoms with Gasteiger partial charge in [-0.25, -0.2) is 19.7 Å². The normalized spacial score (nSPS) is 21.6. The molecule has 3 heterocycles. The van der Waals surface area contributed by atoms with Crippen LogP contribution in [0, 0.1) is 11.3 Å². The van der Waals surface area contributed by atoms with Gasteiger partial charge in [0.05, 0.1) is 0 Å². The van der Waals surface area contributed by atoms with Crippen molar-refractivity contribution in [3.05, 3.63) is 6.33 Å². The lowest BCUT2D eigenvalue weighted by molar-refractivity contribution is 0.115. The number of ether oxygens (including phenoxy) is 1. The molecule has 0 spiro atoms. The van der Waals surface area contributed by atoms with E-state index in [1.54, 1.807) is 4.90 Å². The van der Waals surface area contributed by atoms with Crippen molar-refractivity contribution in [3.8, 4) is 0 Å². The van der Waals surface area contributed by atoms with Crippen LogP contribution in [-0.2, 0) is 4.74 Å². The Bertz CT molecular complexity index is 606. The fraction of sp³-hybridized carbons (Fsp3) is 0.750. The summed E-state index contributed by atoms with van der Waals surface area (Å²) in [5.74, 6) is 0.660. The summed E-state index contributed by atoms with van der Waals surface area (Å²) in [6.07, 6.45) is 2.85. The van der Waals surface area contributed by atoms with Crippen molar-refractivity contribution in [2.45, 2.75) is 40.0 Å². The first kappa shape index (κ1) is 17.7. The fourth-order valence-electron chi connectivity index (χ4n) is 3.35. The van der Waals surface area contributed by atoms with Gasteiger partial charge in [-0.15, -0.1) is 0 Å². The molecule has 0 aromatic carbocycles. The van der Waals surface area contributed by atoms with Crippen LogP contribution in [0.5, 0.6) is 0 Å². The number of nitrogens with zero attached hydrogens (tertiary/aromatic N) is 5. The van der Waals surface area contributed by atoms with Crippen molar-refractivity contribution in [2.75, 3.05) is 31.2 Å². The van der Waals surface area contributed by atoms with Crippen molar-refractivity contribution in [2.24, 2.45) is 11.3 Å². The molecule has 1 aromatic heterocycles. The van der Waals surface area contributed by atoms with Crippen LogP contribution in [0.4, 0.5) is 15.5 Å². The van der Waals surface area contributed by atoms with Crippen LogP contribution < -0.4 is 5.01 Å². The number of hydrazine groups is 1. The lowest BCUT2D eigenvalue weighted by Crippen LogP contribution is -2.48. The minimum Gasteiger partial charge on any atom is -0.358 e. The van der Waals surface area contributed by atoms with E-state index in [2.05, 4.69) is 36.0 Å². The monoisotopic (exact) mass is 350 g/mol. The predicted octanol–water partition coefficient (Wildman–Crippen LogP) is 2.25. The number of carbonyl (C=O) groups excluding carboxylic acids is 2. The number of aromatic nitrogens is 3. The third kappa shape index (κ3) is 3.92. The molecular formula is C16H26N6O3. The second-order valence-electron chi connectivity index (χ2n) is 7.71. The van der Waals surface area contributed by atoms with E-state index in [4.69, 9.17) is 4.74 Å². The summed E-state index contributed by atoms with van der Waals surface area (Å²) in [5.41, 5.74) is 0.125. The largest absolute Gasteiger partial charge is 0.440 e. The first-order chi connectivity index (χ1) is 11.9. The molecule has 9 heteroatoms. The number of carbonyl (C=O) groups is 2. The summed E-state index contributed by atoms with van der Waals surface area (Å²) in [6, 6.07) is 0. The third-order valence-corrected chi connectivity index (χ3v) is 4.99. The zero-order valence-electron chi connectivity index (χ0n) is 15.1. The zero-order valence-corrected chi connectivity index (χ0v) is 15.1. The summed E-state index contributed by atoms with van der Waals surface area (Å²) < 4.78 is 5.14. The van der Waals surface area contributed by atoms with E-state index in [0.29, 0.717) is 32.1 Å². The molecule has 1 unspecified atom stereocenters. The van der Waals surface area contributed by atoms with Crippen LogP contribution in [-0.4, -0.2) is 63.5 Å². The second-order valence-corrected chi connectivity index (χ2v) is 7.71. The first-order valence-electron chi connectivity index (χ1n) is 8.77. The van der Waals surface area contributed by atoms with Gasteiger partial charge in [-0.2, -0.15) is 15.1 Å². The Morgan fingerprint density at radius 2 is 2.00 bits per heavy atom. The summed E-state index contributed by atoms with van der Waals surface area (Å²) >= 11 is 0. The van der Waals surface area contributed by atoms with E-state index in [9.17, 15) is 9.59 Å². The number of rotatable bonds is 2. The van der Waals surface area contributed by atoms with Gasteiger partial charge >= 0.3 is 12.2 Å². The molecule has 2 saturated heterocycles. The number of amides is 2. The molecule has 2 aliphatic heterocycles. The second kappa shape index (κ2) is 6.99. The SMILES string of the molecule is CC(C)(C)C1CCN(C(=O)OC(=O)N(c2ncn[nH]2)N2CCCC2)C1. The van der Waals surface area contributed by atoms with Gasteiger partial charge < -0.3 is 9.64 Å². The number of nitrogens with one attached hydrogen (secondary N) is 1. The molecule has 2 amide bonds. The van der Waals surface area contributed by atoms with Crippen molar-refractivity contribution in [1.82, 2.24) is 25.1 Å². The van der Waals surface area contributed by atoms with Crippen LogP contribution >= 0.6 is 0 Å². The highest BCUT2D eigenvalue weighted by molar-refractivity contribution is 5.92. The highest BCUT2D eigenvalue weighted by Crippen LogP contribution is 2.33. The van der Waals surface area contributed by atoms with Crippen molar-refractivity contribution in [3.63, 3.8) is 0 Å².